The first-order chi connectivity index (χ1) is 8.79. The van der Waals surface area contributed by atoms with E-state index in [1.54, 1.807) is 0 Å². The van der Waals surface area contributed by atoms with Crippen molar-refractivity contribution in [2.45, 2.75) is 57.7 Å². The fourth-order valence-electron chi connectivity index (χ4n) is 5.51. The maximum absolute atomic E-state index is 6.40. The predicted octanol–water partition coefficient (Wildman–Crippen LogP) is 3.60. The van der Waals surface area contributed by atoms with Gasteiger partial charge in [0.2, 0.25) is 0 Å². The van der Waals surface area contributed by atoms with Gasteiger partial charge in [-0.2, -0.15) is 0 Å². The van der Waals surface area contributed by atoms with Crippen LogP contribution in [0.25, 0.3) is 0 Å². The van der Waals surface area contributed by atoms with Gasteiger partial charge in [0, 0.05) is 11.8 Å². The summed E-state index contributed by atoms with van der Waals surface area (Å²) in [5, 5.41) is 0. The van der Waals surface area contributed by atoms with Crippen molar-refractivity contribution in [1.82, 2.24) is 0 Å². The van der Waals surface area contributed by atoms with E-state index in [9.17, 15) is 0 Å². The molecule has 0 amide bonds. The van der Waals surface area contributed by atoms with Crippen molar-refractivity contribution in [1.29, 1.82) is 0 Å². The minimum absolute atomic E-state index is 0.173. The quantitative estimate of drug-likeness (QED) is 0.654. The largest absolute Gasteiger partial charge is 0.349 e. The Hall–Kier alpha value is -0.0800. The van der Waals surface area contributed by atoms with E-state index >= 15 is 0 Å². The Morgan fingerprint density at radius 3 is 2.44 bits per heavy atom. The van der Waals surface area contributed by atoms with Gasteiger partial charge in [-0.05, 0) is 62.7 Å². The molecule has 5 atom stereocenters. The SMILES string of the molecule is CC1C2CC3CC(C2)C2(OCCCCCO2)C1C3. The average molecular weight is 250 g/mol. The van der Waals surface area contributed by atoms with E-state index in [4.69, 9.17) is 9.47 Å². The number of rotatable bonds is 0. The molecule has 5 unspecified atom stereocenters. The zero-order valence-electron chi connectivity index (χ0n) is 11.6. The standard InChI is InChI=1S/C16H26O2/c1-11-13-7-12-8-14(10-13)16(15(11)9-12)17-5-3-2-4-6-18-16/h11-15H,2-10H2,1H3. The molecule has 2 heteroatoms. The predicted molar refractivity (Wildman–Crippen MR) is 70.1 cm³/mol. The van der Waals surface area contributed by atoms with Gasteiger partial charge in [0.15, 0.2) is 5.79 Å². The molecule has 1 aliphatic heterocycles. The average Bonchev–Trinajstić information content (AvgIpc) is 2.33. The molecule has 5 rings (SSSR count). The van der Waals surface area contributed by atoms with E-state index in [1.165, 1.54) is 44.9 Å². The van der Waals surface area contributed by atoms with Gasteiger partial charge in [-0.3, -0.25) is 0 Å². The van der Waals surface area contributed by atoms with Crippen molar-refractivity contribution in [3.8, 4) is 0 Å². The van der Waals surface area contributed by atoms with Crippen molar-refractivity contribution in [2.75, 3.05) is 13.2 Å². The molecule has 1 heterocycles. The molecule has 5 aliphatic rings. The van der Waals surface area contributed by atoms with Crippen molar-refractivity contribution in [3.05, 3.63) is 0 Å². The third-order valence-corrected chi connectivity index (χ3v) is 6.34. The monoisotopic (exact) mass is 250 g/mol. The Balaban J connectivity index is 1.65. The van der Waals surface area contributed by atoms with Gasteiger partial charge in [0.25, 0.3) is 0 Å². The molecule has 0 N–H and O–H groups in total. The van der Waals surface area contributed by atoms with Crippen molar-refractivity contribution in [2.24, 2.45) is 29.6 Å². The third-order valence-electron chi connectivity index (χ3n) is 6.34. The Bertz CT molecular complexity index is 319. The molecule has 102 valence electrons. The summed E-state index contributed by atoms with van der Waals surface area (Å²) in [5.41, 5.74) is 0. The summed E-state index contributed by atoms with van der Waals surface area (Å²) >= 11 is 0. The highest BCUT2D eigenvalue weighted by Gasteiger charge is 2.61. The lowest BCUT2D eigenvalue weighted by Crippen LogP contribution is -2.63. The van der Waals surface area contributed by atoms with Crippen LogP contribution in [0, 0.1) is 29.6 Å². The smallest absolute Gasteiger partial charge is 0.174 e. The van der Waals surface area contributed by atoms with Gasteiger partial charge in [0.05, 0.1) is 13.2 Å². The molecule has 4 bridgehead atoms. The maximum atomic E-state index is 6.40. The molecule has 4 aliphatic carbocycles. The molecule has 0 aromatic rings. The zero-order chi connectivity index (χ0) is 12.2. The highest BCUT2D eigenvalue weighted by atomic mass is 16.7. The van der Waals surface area contributed by atoms with Crippen LogP contribution < -0.4 is 0 Å². The van der Waals surface area contributed by atoms with Crippen molar-refractivity contribution >= 4 is 0 Å². The van der Waals surface area contributed by atoms with Crippen LogP contribution >= 0.6 is 0 Å². The van der Waals surface area contributed by atoms with Crippen LogP contribution in [0.1, 0.15) is 51.9 Å². The normalized spacial score (nSPS) is 50.2. The van der Waals surface area contributed by atoms with Crippen molar-refractivity contribution < 1.29 is 9.47 Å². The Morgan fingerprint density at radius 2 is 1.67 bits per heavy atom. The molecule has 0 aromatic heterocycles. The lowest BCUT2D eigenvalue weighted by atomic mass is 9.49. The van der Waals surface area contributed by atoms with Gasteiger partial charge in [-0.15, -0.1) is 0 Å². The summed E-state index contributed by atoms with van der Waals surface area (Å²) in [6.07, 6.45) is 9.33. The molecule has 5 fully saturated rings. The summed E-state index contributed by atoms with van der Waals surface area (Å²) in [6, 6.07) is 0. The van der Waals surface area contributed by atoms with Crippen LogP contribution in [0.15, 0.2) is 0 Å². The fraction of sp³-hybridized carbons (Fsp3) is 1.00. The van der Waals surface area contributed by atoms with Gasteiger partial charge in [-0.25, -0.2) is 0 Å². The second kappa shape index (κ2) is 4.21. The summed E-state index contributed by atoms with van der Waals surface area (Å²) in [7, 11) is 0. The fourth-order valence-corrected chi connectivity index (χ4v) is 5.51. The molecule has 1 spiro atoms. The first-order valence-electron chi connectivity index (χ1n) is 8.07. The number of hydrogen-bond donors (Lipinski definition) is 0. The summed E-state index contributed by atoms with van der Waals surface area (Å²) < 4.78 is 12.8. The molecule has 4 saturated carbocycles. The van der Waals surface area contributed by atoms with Gasteiger partial charge < -0.3 is 9.47 Å². The zero-order valence-corrected chi connectivity index (χ0v) is 11.6. The second-order valence-electron chi connectivity index (χ2n) is 7.21. The maximum Gasteiger partial charge on any atom is 0.174 e. The van der Waals surface area contributed by atoms with Crippen LogP contribution in [0.2, 0.25) is 0 Å². The molecular weight excluding hydrogens is 224 g/mol. The third kappa shape index (κ3) is 1.54. The van der Waals surface area contributed by atoms with Gasteiger partial charge in [0.1, 0.15) is 0 Å². The van der Waals surface area contributed by atoms with Gasteiger partial charge >= 0.3 is 0 Å². The van der Waals surface area contributed by atoms with Crippen LogP contribution in [-0.4, -0.2) is 19.0 Å². The van der Waals surface area contributed by atoms with Crippen LogP contribution in [0.4, 0.5) is 0 Å². The molecule has 0 radical (unpaired) electrons. The highest BCUT2D eigenvalue weighted by molar-refractivity contribution is 5.06. The van der Waals surface area contributed by atoms with Crippen LogP contribution in [-0.2, 0) is 9.47 Å². The molecule has 0 aromatic carbocycles. The first-order valence-corrected chi connectivity index (χ1v) is 8.07. The lowest BCUT2D eigenvalue weighted by molar-refractivity contribution is -0.353. The summed E-state index contributed by atoms with van der Waals surface area (Å²) in [6.45, 7) is 4.31. The minimum Gasteiger partial charge on any atom is -0.349 e. The lowest BCUT2D eigenvalue weighted by Gasteiger charge is -2.62. The van der Waals surface area contributed by atoms with Crippen LogP contribution in [0.3, 0.4) is 0 Å². The first kappa shape index (κ1) is 11.7. The highest BCUT2D eigenvalue weighted by Crippen LogP contribution is 2.62. The Labute approximate surface area is 110 Å². The van der Waals surface area contributed by atoms with Gasteiger partial charge in [-0.1, -0.05) is 6.92 Å². The molecular formula is C16H26O2. The van der Waals surface area contributed by atoms with E-state index in [0.717, 1.165) is 31.0 Å². The Morgan fingerprint density at radius 1 is 0.889 bits per heavy atom. The second-order valence-corrected chi connectivity index (χ2v) is 7.21. The number of hydrogen-bond acceptors (Lipinski definition) is 2. The topological polar surface area (TPSA) is 18.5 Å². The van der Waals surface area contributed by atoms with E-state index in [2.05, 4.69) is 6.92 Å². The van der Waals surface area contributed by atoms with E-state index in [-0.39, 0.29) is 5.79 Å². The minimum atomic E-state index is -0.173. The summed E-state index contributed by atoms with van der Waals surface area (Å²) in [5.74, 6) is 3.99. The van der Waals surface area contributed by atoms with Crippen LogP contribution in [0.5, 0.6) is 0 Å². The Kier molecular flexibility index (Phi) is 2.74. The molecule has 18 heavy (non-hydrogen) atoms. The van der Waals surface area contributed by atoms with E-state index in [0.29, 0.717) is 11.8 Å². The van der Waals surface area contributed by atoms with E-state index < -0.39 is 0 Å². The molecule has 2 nitrogen and oxygen atoms in total. The van der Waals surface area contributed by atoms with Crippen molar-refractivity contribution in [3.63, 3.8) is 0 Å². The summed E-state index contributed by atoms with van der Waals surface area (Å²) in [4.78, 5) is 0. The number of ether oxygens (including phenoxy) is 2. The van der Waals surface area contributed by atoms with E-state index in [1.807, 2.05) is 0 Å². The molecule has 1 saturated heterocycles.